The summed E-state index contributed by atoms with van der Waals surface area (Å²) in [5, 5.41) is 12.4. The molecule has 1 amide bonds. The van der Waals surface area contributed by atoms with Gasteiger partial charge in [-0.2, -0.15) is 0 Å². The first-order valence-corrected chi connectivity index (χ1v) is 7.66. The summed E-state index contributed by atoms with van der Waals surface area (Å²) in [6.45, 7) is 0. The summed E-state index contributed by atoms with van der Waals surface area (Å²) < 4.78 is 0.752. The molecule has 0 spiro atoms. The van der Waals surface area contributed by atoms with Gasteiger partial charge in [-0.1, -0.05) is 45.7 Å². The van der Waals surface area contributed by atoms with Crippen LogP contribution in [0.2, 0.25) is 5.02 Å². The van der Waals surface area contributed by atoms with Crippen LogP contribution >= 0.6 is 27.5 Å². The highest BCUT2D eigenvalue weighted by Gasteiger charge is 2.21. The topological polar surface area (TPSA) is 66.4 Å². The number of nitrogens with one attached hydrogen (secondary N) is 1. The van der Waals surface area contributed by atoms with Gasteiger partial charge in [-0.3, -0.25) is 4.79 Å². The summed E-state index contributed by atoms with van der Waals surface area (Å²) in [5.41, 5.74) is 1.14. The van der Waals surface area contributed by atoms with Crippen LogP contribution in [0.1, 0.15) is 15.9 Å². The molecule has 2 N–H and O–H groups in total. The van der Waals surface area contributed by atoms with Crippen LogP contribution in [-0.4, -0.2) is 23.0 Å². The fourth-order valence-corrected chi connectivity index (χ4v) is 2.58. The third-order valence-corrected chi connectivity index (χ3v) is 3.75. The third kappa shape index (κ3) is 4.58. The molecule has 22 heavy (non-hydrogen) atoms. The van der Waals surface area contributed by atoms with Crippen molar-refractivity contribution in [1.82, 2.24) is 5.32 Å². The number of hydrogen-bond acceptors (Lipinski definition) is 2. The zero-order valence-corrected chi connectivity index (χ0v) is 13.8. The van der Waals surface area contributed by atoms with Gasteiger partial charge in [-0.05, 0) is 35.9 Å². The quantitative estimate of drug-likeness (QED) is 0.831. The highest BCUT2D eigenvalue weighted by atomic mass is 79.9. The van der Waals surface area contributed by atoms with Crippen molar-refractivity contribution in [3.63, 3.8) is 0 Å². The van der Waals surface area contributed by atoms with Crippen LogP contribution in [0.25, 0.3) is 0 Å². The summed E-state index contributed by atoms with van der Waals surface area (Å²) in [6.07, 6.45) is 0.162. The maximum atomic E-state index is 12.1. The molecule has 0 saturated heterocycles. The Morgan fingerprint density at radius 3 is 2.55 bits per heavy atom. The maximum Gasteiger partial charge on any atom is 0.326 e. The zero-order valence-electron chi connectivity index (χ0n) is 11.4. The van der Waals surface area contributed by atoms with Crippen LogP contribution in [0, 0.1) is 0 Å². The van der Waals surface area contributed by atoms with Gasteiger partial charge in [0.1, 0.15) is 6.04 Å². The second-order valence-electron chi connectivity index (χ2n) is 4.71. The Morgan fingerprint density at radius 2 is 1.91 bits per heavy atom. The normalized spacial score (nSPS) is 11.7. The third-order valence-electron chi connectivity index (χ3n) is 3.02. The number of carbonyl (C=O) groups excluding carboxylic acids is 1. The SMILES string of the molecule is O=C(N[C@@H](Cc1cccc(Cl)c1)C(=O)O)c1cccc(Br)c1. The van der Waals surface area contributed by atoms with Crippen molar-refractivity contribution in [3.05, 3.63) is 69.2 Å². The molecule has 2 aromatic rings. The molecular weight excluding hydrogens is 370 g/mol. The Morgan fingerprint density at radius 1 is 1.18 bits per heavy atom. The van der Waals surface area contributed by atoms with E-state index in [1.54, 1.807) is 48.5 Å². The molecule has 0 heterocycles. The fraction of sp³-hybridized carbons (Fsp3) is 0.125. The number of carboxylic acids is 1. The molecular formula is C16H13BrClNO3. The van der Waals surface area contributed by atoms with Crippen molar-refractivity contribution in [2.75, 3.05) is 0 Å². The molecule has 0 aliphatic carbocycles. The number of amides is 1. The van der Waals surface area contributed by atoms with Crippen molar-refractivity contribution in [3.8, 4) is 0 Å². The molecule has 114 valence electrons. The zero-order chi connectivity index (χ0) is 16.1. The Balaban J connectivity index is 2.12. The molecule has 0 fully saturated rings. The van der Waals surface area contributed by atoms with Gasteiger partial charge >= 0.3 is 5.97 Å². The van der Waals surface area contributed by atoms with E-state index in [2.05, 4.69) is 21.2 Å². The van der Waals surface area contributed by atoms with Crippen molar-refractivity contribution in [1.29, 1.82) is 0 Å². The average Bonchev–Trinajstić information content (AvgIpc) is 2.46. The number of rotatable bonds is 5. The lowest BCUT2D eigenvalue weighted by Crippen LogP contribution is -2.42. The van der Waals surface area contributed by atoms with Crippen LogP contribution < -0.4 is 5.32 Å². The number of aliphatic carboxylic acids is 1. The molecule has 0 unspecified atom stereocenters. The van der Waals surface area contributed by atoms with Crippen LogP contribution in [0.3, 0.4) is 0 Å². The number of carbonyl (C=O) groups is 2. The molecule has 4 nitrogen and oxygen atoms in total. The second kappa shape index (κ2) is 7.42. The number of halogens is 2. The summed E-state index contributed by atoms with van der Waals surface area (Å²) in [6, 6.07) is 12.6. The summed E-state index contributed by atoms with van der Waals surface area (Å²) in [5.74, 6) is -1.53. The van der Waals surface area contributed by atoms with Gasteiger partial charge in [0.2, 0.25) is 0 Å². The van der Waals surface area contributed by atoms with E-state index in [4.69, 9.17) is 11.6 Å². The van der Waals surface area contributed by atoms with Crippen molar-refractivity contribution in [2.45, 2.75) is 12.5 Å². The Kier molecular flexibility index (Phi) is 5.57. The summed E-state index contributed by atoms with van der Waals surface area (Å²) in [4.78, 5) is 23.5. The smallest absolute Gasteiger partial charge is 0.326 e. The lowest BCUT2D eigenvalue weighted by molar-refractivity contribution is -0.139. The Labute approximate surface area is 141 Å². The largest absolute Gasteiger partial charge is 0.480 e. The first-order chi connectivity index (χ1) is 10.5. The predicted octanol–water partition coefficient (Wildman–Crippen LogP) is 3.53. The van der Waals surface area contributed by atoms with Gasteiger partial charge in [-0.15, -0.1) is 0 Å². The molecule has 2 aromatic carbocycles. The highest BCUT2D eigenvalue weighted by molar-refractivity contribution is 9.10. The van der Waals surface area contributed by atoms with E-state index in [0.29, 0.717) is 10.6 Å². The van der Waals surface area contributed by atoms with Crippen LogP contribution in [-0.2, 0) is 11.2 Å². The summed E-state index contributed by atoms with van der Waals surface area (Å²) >= 11 is 9.16. The molecule has 0 aromatic heterocycles. The number of carboxylic acid groups (broad SMARTS) is 1. The molecule has 0 aliphatic heterocycles. The number of hydrogen-bond donors (Lipinski definition) is 2. The fourth-order valence-electron chi connectivity index (χ4n) is 1.97. The first-order valence-electron chi connectivity index (χ1n) is 6.49. The average molecular weight is 383 g/mol. The molecule has 0 radical (unpaired) electrons. The van der Waals surface area contributed by atoms with Gasteiger partial charge in [0, 0.05) is 21.5 Å². The molecule has 0 saturated carbocycles. The van der Waals surface area contributed by atoms with Crippen LogP contribution in [0.4, 0.5) is 0 Å². The van der Waals surface area contributed by atoms with E-state index in [1.165, 1.54) is 0 Å². The lowest BCUT2D eigenvalue weighted by Gasteiger charge is -2.15. The highest BCUT2D eigenvalue weighted by Crippen LogP contribution is 2.14. The van der Waals surface area contributed by atoms with E-state index >= 15 is 0 Å². The molecule has 0 aliphatic rings. The van der Waals surface area contributed by atoms with E-state index < -0.39 is 17.9 Å². The second-order valence-corrected chi connectivity index (χ2v) is 6.06. The van der Waals surface area contributed by atoms with E-state index in [9.17, 15) is 14.7 Å². The van der Waals surface area contributed by atoms with Gasteiger partial charge in [-0.25, -0.2) is 4.79 Å². The van der Waals surface area contributed by atoms with Gasteiger partial charge < -0.3 is 10.4 Å². The molecule has 2 rings (SSSR count). The standard InChI is InChI=1S/C16H13BrClNO3/c17-12-5-2-4-11(9-12)15(20)19-14(16(21)22)8-10-3-1-6-13(18)7-10/h1-7,9,14H,8H2,(H,19,20)(H,21,22)/t14-/m0/s1. The molecule has 6 heteroatoms. The minimum Gasteiger partial charge on any atom is -0.480 e. The summed E-state index contributed by atoms with van der Waals surface area (Å²) in [7, 11) is 0. The monoisotopic (exact) mass is 381 g/mol. The Hall–Kier alpha value is -1.85. The first kappa shape index (κ1) is 16.5. The minimum atomic E-state index is -1.09. The molecule has 1 atom stereocenters. The maximum absolute atomic E-state index is 12.1. The van der Waals surface area contributed by atoms with Gasteiger partial charge in [0.25, 0.3) is 5.91 Å². The van der Waals surface area contributed by atoms with Crippen molar-refractivity contribution in [2.24, 2.45) is 0 Å². The van der Waals surface area contributed by atoms with Crippen LogP contribution in [0.15, 0.2) is 53.0 Å². The van der Waals surface area contributed by atoms with Crippen molar-refractivity contribution >= 4 is 39.4 Å². The van der Waals surface area contributed by atoms with E-state index in [-0.39, 0.29) is 6.42 Å². The number of benzene rings is 2. The van der Waals surface area contributed by atoms with Crippen molar-refractivity contribution < 1.29 is 14.7 Å². The Bertz CT molecular complexity index is 705. The minimum absolute atomic E-state index is 0.162. The van der Waals surface area contributed by atoms with E-state index in [0.717, 1.165) is 10.0 Å². The van der Waals surface area contributed by atoms with Gasteiger partial charge in [0.15, 0.2) is 0 Å². The lowest BCUT2D eigenvalue weighted by atomic mass is 10.1. The molecule has 0 bridgehead atoms. The predicted molar refractivity (Wildman–Crippen MR) is 88.2 cm³/mol. The van der Waals surface area contributed by atoms with E-state index in [1.807, 2.05) is 0 Å². The van der Waals surface area contributed by atoms with Crippen LogP contribution in [0.5, 0.6) is 0 Å². The van der Waals surface area contributed by atoms with Gasteiger partial charge in [0.05, 0.1) is 0 Å².